The summed E-state index contributed by atoms with van der Waals surface area (Å²) in [6.07, 6.45) is 3.27. The quantitative estimate of drug-likeness (QED) is 0.448. The fourth-order valence-corrected chi connectivity index (χ4v) is 3.88. The topological polar surface area (TPSA) is 80.2 Å². The number of nitrogens with one attached hydrogen (secondary N) is 1. The molecule has 0 fully saturated rings. The molecule has 0 aromatic heterocycles. The zero-order chi connectivity index (χ0) is 25.4. The Labute approximate surface area is 204 Å². The number of hydrazone groups is 1. The first-order chi connectivity index (χ1) is 16.8. The molecule has 9 heteroatoms. The lowest BCUT2D eigenvalue weighted by Gasteiger charge is -2.29. The highest BCUT2D eigenvalue weighted by Gasteiger charge is 2.30. The van der Waals surface area contributed by atoms with Gasteiger partial charge in [0.25, 0.3) is 0 Å². The predicted molar refractivity (Wildman–Crippen MR) is 130 cm³/mol. The summed E-state index contributed by atoms with van der Waals surface area (Å²) in [6, 6.07) is 12.0. The molecule has 3 rings (SSSR count). The van der Waals surface area contributed by atoms with E-state index in [1.165, 1.54) is 18.2 Å². The van der Waals surface area contributed by atoms with Gasteiger partial charge in [0.15, 0.2) is 11.5 Å². The number of halogens is 2. The van der Waals surface area contributed by atoms with E-state index in [2.05, 4.69) is 15.2 Å². The smallest absolute Gasteiger partial charge is 0.387 e. The number of carbonyl (C=O) groups excluding carboxylic acids is 2. The molecule has 0 aliphatic carbocycles. The number of ether oxygens (including phenoxy) is 2. The highest BCUT2D eigenvalue weighted by Crippen LogP contribution is 2.33. The molecule has 7 nitrogen and oxygen atoms in total. The normalized spacial score (nSPS) is 15.7. The van der Waals surface area contributed by atoms with Crippen molar-refractivity contribution in [2.75, 3.05) is 12.4 Å². The number of anilines is 1. The molecule has 188 valence electrons. The van der Waals surface area contributed by atoms with Gasteiger partial charge < -0.3 is 14.8 Å². The lowest BCUT2D eigenvalue weighted by molar-refractivity contribution is -0.133. The van der Waals surface area contributed by atoms with Crippen LogP contribution in [0, 0.1) is 5.92 Å². The Bertz CT molecular complexity index is 1060. The Morgan fingerprint density at radius 1 is 1.17 bits per heavy atom. The summed E-state index contributed by atoms with van der Waals surface area (Å²) in [4.78, 5) is 24.7. The van der Waals surface area contributed by atoms with Gasteiger partial charge in [0, 0.05) is 30.0 Å². The van der Waals surface area contributed by atoms with Crippen LogP contribution < -0.4 is 14.8 Å². The van der Waals surface area contributed by atoms with Gasteiger partial charge in [0.1, 0.15) is 0 Å². The zero-order valence-corrected chi connectivity index (χ0v) is 20.2. The first-order valence-electron chi connectivity index (χ1n) is 11.7. The molecule has 35 heavy (non-hydrogen) atoms. The number of amides is 2. The molecule has 2 aromatic rings. The van der Waals surface area contributed by atoms with E-state index in [4.69, 9.17) is 4.74 Å². The van der Waals surface area contributed by atoms with Crippen molar-refractivity contribution in [3.05, 3.63) is 53.6 Å². The van der Waals surface area contributed by atoms with Crippen molar-refractivity contribution in [2.24, 2.45) is 11.0 Å². The second-order valence-electron chi connectivity index (χ2n) is 8.34. The average Bonchev–Trinajstić information content (AvgIpc) is 2.84. The predicted octanol–water partition coefficient (Wildman–Crippen LogP) is 5.59. The number of carbonyl (C=O) groups is 2. The van der Waals surface area contributed by atoms with Crippen LogP contribution in [0.15, 0.2) is 47.6 Å². The largest absolute Gasteiger partial charge is 0.493 e. The highest BCUT2D eigenvalue weighted by atomic mass is 19.3. The van der Waals surface area contributed by atoms with Gasteiger partial charge in [-0.2, -0.15) is 13.9 Å². The van der Waals surface area contributed by atoms with Crippen molar-refractivity contribution in [2.45, 2.75) is 59.1 Å². The minimum Gasteiger partial charge on any atom is -0.493 e. The molecule has 0 spiro atoms. The van der Waals surface area contributed by atoms with Gasteiger partial charge in [0.2, 0.25) is 11.8 Å². The molecule has 0 radical (unpaired) electrons. The van der Waals surface area contributed by atoms with Crippen LogP contribution >= 0.6 is 0 Å². The van der Waals surface area contributed by atoms with Crippen LogP contribution in [0.4, 0.5) is 14.5 Å². The van der Waals surface area contributed by atoms with Crippen LogP contribution in [0.3, 0.4) is 0 Å². The van der Waals surface area contributed by atoms with Crippen molar-refractivity contribution in [3.63, 3.8) is 0 Å². The van der Waals surface area contributed by atoms with Gasteiger partial charge in [-0.15, -0.1) is 0 Å². The Kier molecular flexibility index (Phi) is 9.17. The van der Waals surface area contributed by atoms with Crippen LogP contribution in [0.25, 0.3) is 0 Å². The summed E-state index contributed by atoms with van der Waals surface area (Å²) in [5, 5.41) is 8.93. The molecule has 0 saturated carbocycles. The molecule has 1 atom stereocenters. The molecule has 1 aliphatic heterocycles. The van der Waals surface area contributed by atoms with E-state index >= 15 is 0 Å². The van der Waals surface area contributed by atoms with Gasteiger partial charge in [0.05, 0.1) is 19.4 Å². The highest BCUT2D eigenvalue weighted by molar-refractivity contribution is 6.06. The van der Waals surface area contributed by atoms with Gasteiger partial charge in [-0.3, -0.25) is 9.59 Å². The van der Waals surface area contributed by atoms with Gasteiger partial charge in [-0.1, -0.05) is 32.4 Å². The molecule has 0 saturated heterocycles. The first-order valence-corrected chi connectivity index (χ1v) is 11.7. The van der Waals surface area contributed by atoms with E-state index in [-0.39, 0.29) is 35.8 Å². The maximum atomic E-state index is 12.8. The second-order valence-corrected chi connectivity index (χ2v) is 8.34. The number of methoxy groups -OCH3 is 1. The molecule has 1 heterocycles. The number of rotatable bonds is 11. The van der Waals surface area contributed by atoms with Crippen LogP contribution in [0.5, 0.6) is 11.5 Å². The summed E-state index contributed by atoms with van der Waals surface area (Å²) in [5.74, 6) is -0.120. The maximum Gasteiger partial charge on any atom is 0.387 e. The number of unbranched alkanes of at least 4 members (excludes halogenated alkanes) is 1. The Morgan fingerprint density at radius 3 is 2.54 bits per heavy atom. The van der Waals surface area contributed by atoms with Crippen molar-refractivity contribution < 1.29 is 27.8 Å². The SMILES string of the molecule is CCCCC(=O)Nc1ccc(CN2N=C(c3ccc(OC(F)F)c(OC)c3)C(CC)CC2=O)cc1. The number of nitrogens with zero attached hydrogens (tertiary/aromatic N) is 2. The van der Waals surface area contributed by atoms with E-state index in [1.54, 1.807) is 24.3 Å². The number of hydrogen-bond donors (Lipinski definition) is 1. The van der Waals surface area contributed by atoms with Gasteiger partial charge >= 0.3 is 6.61 Å². The van der Waals surface area contributed by atoms with Gasteiger partial charge in [-0.05, 0) is 48.7 Å². The van der Waals surface area contributed by atoms with E-state index in [0.717, 1.165) is 18.4 Å². The van der Waals surface area contributed by atoms with Crippen molar-refractivity contribution in [1.82, 2.24) is 5.01 Å². The average molecular weight is 488 g/mol. The molecule has 1 aliphatic rings. The van der Waals surface area contributed by atoms with Crippen LogP contribution in [0.2, 0.25) is 0 Å². The first kappa shape index (κ1) is 26.1. The zero-order valence-electron chi connectivity index (χ0n) is 20.2. The fraction of sp³-hybridized carbons (Fsp3) is 0.423. The minimum absolute atomic E-state index is 0.0222. The Balaban J connectivity index is 1.79. The summed E-state index contributed by atoms with van der Waals surface area (Å²) >= 11 is 0. The molecule has 1 N–H and O–H groups in total. The third-order valence-corrected chi connectivity index (χ3v) is 5.82. The third kappa shape index (κ3) is 7.00. The van der Waals surface area contributed by atoms with Crippen molar-refractivity contribution in [1.29, 1.82) is 0 Å². The Hall–Kier alpha value is -3.49. The third-order valence-electron chi connectivity index (χ3n) is 5.82. The minimum atomic E-state index is -2.96. The van der Waals surface area contributed by atoms with E-state index < -0.39 is 6.61 Å². The van der Waals surface area contributed by atoms with Crippen LogP contribution in [-0.2, 0) is 16.1 Å². The van der Waals surface area contributed by atoms with Crippen LogP contribution in [0.1, 0.15) is 57.1 Å². The standard InChI is InChI=1S/C26H31F2N3O4/c1-4-6-7-23(32)29-20-11-8-17(9-12-20)16-31-24(33)15-18(5-2)25(30-31)19-10-13-21(35-26(27)28)22(14-19)34-3/h8-14,18,26H,4-7,15-16H2,1-3H3,(H,29,32). The second kappa shape index (κ2) is 12.3. The molecule has 0 bridgehead atoms. The summed E-state index contributed by atoms with van der Waals surface area (Å²) < 4.78 is 35.1. The summed E-state index contributed by atoms with van der Waals surface area (Å²) in [6.45, 7) is 1.32. The van der Waals surface area contributed by atoms with E-state index in [1.807, 2.05) is 26.0 Å². The fourth-order valence-electron chi connectivity index (χ4n) is 3.88. The molecular weight excluding hydrogens is 456 g/mol. The number of alkyl halides is 2. The Morgan fingerprint density at radius 2 is 1.91 bits per heavy atom. The molecule has 1 unspecified atom stereocenters. The molecule has 2 aromatic carbocycles. The van der Waals surface area contributed by atoms with Crippen molar-refractivity contribution in [3.8, 4) is 11.5 Å². The molecular formula is C26H31F2N3O4. The summed E-state index contributed by atoms with van der Waals surface area (Å²) in [5.41, 5.74) is 2.93. The maximum absolute atomic E-state index is 12.8. The van der Waals surface area contributed by atoms with E-state index in [0.29, 0.717) is 36.2 Å². The summed E-state index contributed by atoms with van der Waals surface area (Å²) in [7, 11) is 1.38. The number of hydrogen-bond acceptors (Lipinski definition) is 5. The van der Waals surface area contributed by atoms with E-state index in [9.17, 15) is 18.4 Å². The lowest BCUT2D eigenvalue weighted by atomic mass is 9.89. The van der Waals surface area contributed by atoms with Gasteiger partial charge in [-0.25, -0.2) is 5.01 Å². The monoisotopic (exact) mass is 487 g/mol. The molecule has 2 amide bonds. The van der Waals surface area contributed by atoms with Crippen LogP contribution in [-0.4, -0.2) is 36.3 Å². The lowest BCUT2D eigenvalue weighted by Crippen LogP contribution is -2.36. The number of benzene rings is 2. The van der Waals surface area contributed by atoms with Crippen molar-refractivity contribution >= 4 is 23.2 Å².